The molecule has 0 aromatic rings. The van der Waals surface area contributed by atoms with Gasteiger partial charge in [0.25, 0.3) is 0 Å². The van der Waals surface area contributed by atoms with Crippen LogP contribution in [0.1, 0.15) is 23.1 Å². The first-order valence-electron chi connectivity index (χ1n) is 3.67. The maximum atomic E-state index is 9.38. The fourth-order valence-corrected chi connectivity index (χ4v) is 2.35. The van der Waals surface area contributed by atoms with E-state index in [-0.39, 0.29) is 68.0 Å². The standard InChI is InChI=1S/C6H18N2OSi.2Na.2H/c1-4-6(8,5(2)7)10(3)9;;;;/h5,9-10H,4,7-8H2,1-3H3;;;;/q;2*+1;2*-1. The Balaban J connectivity index is -0.0000000675. The molecular formula is C6H20N2Na2OSi. The Hall–Kier alpha value is 2.10. The molecule has 0 saturated heterocycles. The average Bonchev–Trinajstić information content (AvgIpc) is 1.85. The summed E-state index contributed by atoms with van der Waals surface area (Å²) >= 11 is 0. The first-order chi connectivity index (χ1) is 4.45. The summed E-state index contributed by atoms with van der Waals surface area (Å²) in [4.78, 5) is 9.38. The van der Waals surface area contributed by atoms with E-state index >= 15 is 0 Å². The molecule has 6 heteroatoms. The number of hydrogen-bond acceptors (Lipinski definition) is 3. The summed E-state index contributed by atoms with van der Waals surface area (Å²) in [5, 5.41) is -0.486. The molecule has 0 aliphatic rings. The summed E-state index contributed by atoms with van der Waals surface area (Å²) in [6, 6.07) is -0.107. The van der Waals surface area contributed by atoms with Gasteiger partial charge >= 0.3 is 59.1 Å². The largest absolute Gasteiger partial charge is 1.00 e. The van der Waals surface area contributed by atoms with Gasteiger partial charge in [-0.05, 0) is 19.9 Å². The molecular weight excluding hydrogens is 190 g/mol. The van der Waals surface area contributed by atoms with E-state index in [9.17, 15) is 4.80 Å². The van der Waals surface area contributed by atoms with Crippen LogP contribution in [0, 0.1) is 0 Å². The predicted octanol–water partition coefficient (Wildman–Crippen LogP) is -6.44. The van der Waals surface area contributed by atoms with E-state index < -0.39 is 14.2 Å². The van der Waals surface area contributed by atoms with Crippen LogP contribution in [0.5, 0.6) is 0 Å². The van der Waals surface area contributed by atoms with Crippen molar-refractivity contribution in [1.82, 2.24) is 0 Å². The second-order valence-corrected chi connectivity index (χ2v) is 5.36. The minimum Gasteiger partial charge on any atom is -1.00 e. The maximum absolute atomic E-state index is 9.38. The number of rotatable bonds is 3. The Bertz CT molecular complexity index is 114. The summed E-state index contributed by atoms with van der Waals surface area (Å²) in [6.07, 6.45) is 0.758. The van der Waals surface area contributed by atoms with E-state index in [1.165, 1.54) is 0 Å². The summed E-state index contributed by atoms with van der Waals surface area (Å²) in [7, 11) is -1.81. The molecule has 0 rings (SSSR count). The van der Waals surface area contributed by atoms with E-state index in [1.54, 1.807) is 0 Å². The van der Waals surface area contributed by atoms with Gasteiger partial charge in [-0.1, -0.05) is 6.92 Å². The van der Waals surface area contributed by atoms with E-state index in [0.29, 0.717) is 0 Å². The second-order valence-electron chi connectivity index (χ2n) is 2.93. The zero-order valence-electron chi connectivity index (χ0n) is 11.0. The molecule has 12 heavy (non-hydrogen) atoms. The van der Waals surface area contributed by atoms with Gasteiger partial charge in [-0.3, -0.25) is 0 Å². The molecule has 0 spiro atoms. The molecule has 0 heterocycles. The fraction of sp³-hybridized carbons (Fsp3) is 1.00. The van der Waals surface area contributed by atoms with Gasteiger partial charge < -0.3 is 19.1 Å². The number of nitrogens with two attached hydrogens (primary N) is 2. The van der Waals surface area contributed by atoms with Crippen LogP contribution in [0.15, 0.2) is 0 Å². The van der Waals surface area contributed by atoms with Crippen LogP contribution in [-0.2, 0) is 0 Å². The van der Waals surface area contributed by atoms with Gasteiger partial charge in [0.2, 0.25) is 0 Å². The first kappa shape index (κ1) is 19.6. The molecule has 0 radical (unpaired) electrons. The SMILES string of the molecule is CCC(N)(C(C)N)[SiH](C)O.[H-].[H-].[Na+].[Na+]. The minimum atomic E-state index is -1.81. The minimum absolute atomic E-state index is 0. The van der Waals surface area contributed by atoms with E-state index in [1.807, 2.05) is 20.4 Å². The Kier molecular flexibility index (Phi) is 13.8. The summed E-state index contributed by atoms with van der Waals surface area (Å²) in [5.41, 5.74) is 11.5. The molecule has 3 unspecified atom stereocenters. The van der Waals surface area contributed by atoms with Gasteiger partial charge in [-0.15, -0.1) is 0 Å². The predicted molar refractivity (Wildman–Crippen MR) is 48.3 cm³/mol. The third-order valence-electron chi connectivity index (χ3n) is 2.24. The fourth-order valence-electron chi connectivity index (χ4n) is 0.998. The Morgan fingerprint density at radius 2 is 1.92 bits per heavy atom. The molecule has 66 valence electrons. The van der Waals surface area contributed by atoms with Crippen LogP contribution in [0.25, 0.3) is 0 Å². The van der Waals surface area contributed by atoms with Gasteiger partial charge in [0.15, 0.2) is 9.04 Å². The average molecular weight is 210 g/mol. The molecule has 0 aromatic heterocycles. The first-order valence-corrected chi connectivity index (χ1v) is 5.92. The van der Waals surface area contributed by atoms with Gasteiger partial charge in [-0.2, -0.15) is 0 Å². The molecule has 0 aliphatic heterocycles. The van der Waals surface area contributed by atoms with Crippen molar-refractivity contribution in [3.63, 3.8) is 0 Å². The van der Waals surface area contributed by atoms with Crippen LogP contribution >= 0.6 is 0 Å². The molecule has 0 aliphatic carbocycles. The van der Waals surface area contributed by atoms with Crippen molar-refractivity contribution in [3.05, 3.63) is 0 Å². The van der Waals surface area contributed by atoms with Crippen LogP contribution < -0.4 is 70.6 Å². The summed E-state index contributed by atoms with van der Waals surface area (Å²) in [6.45, 7) is 5.62. The molecule has 0 bridgehead atoms. The normalized spacial score (nSPS) is 19.5. The number of hydrogen-bond donors (Lipinski definition) is 3. The van der Waals surface area contributed by atoms with Crippen molar-refractivity contribution in [1.29, 1.82) is 0 Å². The van der Waals surface area contributed by atoms with Crippen molar-refractivity contribution in [2.75, 3.05) is 0 Å². The monoisotopic (exact) mass is 210 g/mol. The Labute approximate surface area is 124 Å². The zero-order valence-corrected chi connectivity index (χ0v) is 14.1. The molecule has 5 N–H and O–H groups in total. The summed E-state index contributed by atoms with van der Waals surface area (Å²) in [5.74, 6) is 0. The van der Waals surface area contributed by atoms with Crippen LogP contribution in [0.4, 0.5) is 0 Å². The molecule has 0 saturated carbocycles. The third kappa shape index (κ3) is 5.10. The van der Waals surface area contributed by atoms with Gasteiger partial charge in [0.1, 0.15) is 0 Å². The Morgan fingerprint density at radius 3 is 1.92 bits per heavy atom. The van der Waals surface area contributed by atoms with Gasteiger partial charge in [-0.25, -0.2) is 0 Å². The van der Waals surface area contributed by atoms with E-state index in [0.717, 1.165) is 6.42 Å². The topological polar surface area (TPSA) is 72.3 Å². The van der Waals surface area contributed by atoms with Crippen molar-refractivity contribution in [2.24, 2.45) is 11.5 Å². The second kappa shape index (κ2) is 8.41. The van der Waals surface area contributed by atoms with Crippen molar-refractivity contribution in [3.8, 4) is 0 Å². The maximum Gasteiger partial charge on any atom is 1.00 e. The van der Waals surface area contributed by atoms with E-state index in [2.05, 4.69) is 0 Å². The van der Waals surface area contributed by atoms with Crippen molar-refractivity contribution >= 4 is 9.04 Å². The van der Waals surface area contributed by atoms with Gasteiger partial charge in [0, 0.05) is 11.2 Å². The smallest absolute Gasteiger partial charge is 1.00 e. The molecule has 0 aromatic carbocycles. The van der Waals surface area contributed by atoms with Crippen LogP contribution in [0.3, 0.4) is 0 Å². The van der Waals surface area contributed by atoms with Crippen LogP contribution in [-0.4, -0.2) is 25.0 Å². The molecule has 0 fully saturated rings. The molecule has 3 atom stereocenters. The quantitative estimate of drug-likeness (QED) is 0.406. The summed E-state index contributed by atoms with van der Waals surface area (Å²) < 4.78 is 0. The van der Waals surface area contributed by atoms with Crippen LogP contribution in [0.2, 0.25) is 6.55 Å². The van der Waals surface area contributed by atoms with E-state index in [4.69, 9.17) is 11.5 Å². The molecule has 0 amide bonds. The third-order valence-corrected chi connectivity index (χ3v) is 4.73. The van der Waals surface area contributed by atoms with Crippen molar-refractivity contribution in [2.45, 2.75) is 38.0 Å². The zero-order chi connectivity index (χ0) is 8.36. The van der Waals surface area contributed by atoms with Gasteiger partial charge in [0.05, 0.1) is 0 Å². The van der Waals surface area contributed by atoms with Crippen molar-refractivity contribution < 1.29 is 66.8 Å². The Morgan fingerprint density at radius 1 is 1.58 bits per heavy atom. The molecule has 3 nitrogen and oxygen atoms in total.